The minimum Gasteiger partial charge on any atom is -0.343 e. The lowest BCUT2D eigenvalue weighted by Gasteiger charge is -2.21. The molecular formula is C22H20N4OS. The quantitative estimate of drug-likeness (QED) is 0.529. The van der Waals surface area contributed by atoms with Gasteiger partial charge in [0, 0.05) is 35.1 Å². The van der Waals surface area contributed by atoms with Gasteiger partial charge in [-0.1, -0.05) is 19.9 Å². The van der Waals surface area contributed by atoms with E-state index in [-0.39, 0.29) is 17.9 Å². The SMILES string of the molecule is CC(C)[C@H](NC(=O)c1cc(-c2ccncc2)c2cnccc2n1)c1cccs1. The highest BCUT2D eigenvalue weighted by atomic mass is 32.1. The molecule has 1 N–H and O–H groups in total. The molecule has 0 saturated heterocycles. The molecule has 0 spiro atoms. The molecule has 0 aliphatic carbocycles. The van der Waals surface area contributed by atoms with Crippen LogP contribution in [0.25, 0.3) is 22.0 Å². The summed E-state index contributed by atoms with van der Waals surface area (Å²) >= 11 is 1.65. The third-order valence-electron chi connectivity index (χ3n) is 4.64. The maximum atomic E-state index is 13.1. The third-order valence-corrected chi connectivity index (χ3v) is 5.59. The first-order valence-electron chi connectivity index (χ1n) is 9.13. The molecule has 0 aliphatic rings. The summed E-state index contributed by atoms with van der Waals surface area (Å²) in [5, 5.41) is 6.09. The van der Waals surface area contributed by atoms with Crippen molar-refractivity contribution in [3.05, 3.63) is 77.1 Å². The lowest BCUT2D eigenvalue weighted by Crippen LogP contribution is -2.31. The van der Waals surface area contributed by atoms with Crippen LogP contribution < -0.4 is 5.32 Å². The average Bonchev–Trinajstić information content (AvgIpc) is 3.25. The summed E-state index contributed by atoms with van der Waals surface area (Å²) in [6.07, 6.45) is 6.95. The molecule has 4 aromatic heterocycles. The Kier molecular flexibility index (Phi) is 5.12. The van der Waals surface area contributed by atoms with Crippen molar-refractivity contribution >= 4 is 28.1 Å². The summed E-state index contributed by atoms with van der Waals surface area (Å²) in [7, 11) is 0. The number of rotatable bonds is 5. The zero-order chi connectivity index (χ0) is 19.5. The fourth-order valence-electron chi connectivity index (χ4n) is 3.21. The minimum absolute atomic E-state index is 0.0492. The Morgan fingerprint density at radius 1 is 1.07 bits per heavy atom. The molecule has 1 amide bonds. The van der Waals surface area contributed by atoms with Crippen molar-refractivity contribution in [1.82, 2.24) is 20.3 Å². The van der Waals surface area contributed by atoms with E-state index in [9.17, 15) is 4.79 Å². The van der Waals surface area contributed by atoms with Crippen LogP contribution in [0, 0.1) is 5.92 Å². The number of hydrogen-bond acceptors (Lipinski definition) is 5. The maximum absolute atomic E-state index is 13.1. The second-order valence-corrected chi connectivity index (χ2v) is 7.87. The van der Waals surface area contributed by atoms with Gasteiger partial charge in [-0.2, -0.15) is 0 Å². The van der Waals surface area contributed by atoms with Gasteiger partial charge in [0.2, 0.25) is 0 Å². The molecule has 0 radical (unpaired) electrons. The van der Waals surface area contributed by atoms with E-state index in [4.69, 9.17) is 0 Å². The van der Waals surface area contributed by atoms with Gasteiger partial charge >= 0.3 is 0 Å². The normalized spacial score (nSPS) is 12.2. The molecule has 0 aliphatic heterocycles. The molecule has 5 nitrogen and oxygen atoms in total. The van der Waals surface area contributed by atoms with Crippen molar-refractivity contribution in [2.45, 2.75) is 19.9 Å². The smallest absolute Gasteiger partial charge is 0.270 e. The van der Waals surface area contributed by atoms with Crippen LogP contribution in [0.2, 0.25) is 0 Å². The van der Waals surface area contributed by atoms with Crippen molar-refractivity contribution in [3.63, 3.8) is 0 Å². The predicted molar refractivity (Wildman–Crippen MR) is 112 cm³/mol. The molecule has 0 unspecified atom stereocenters. The number of carbonyl (C=O) groups excluding carboxylic acids is 1. The summed E-state index contributed by atoms with van der Waals surface area (Å²) in [6.45, 7) is 4.21. The summed E-state index contributed by atoms with van der Waals surface area (Å²) in [5.74, 6) is 0.0908. The first-order chi connectivity index (χ1) is 13.6. The van der Waals surface area contributed by atoms with Crippen molar-refractivity contribution in [1.29, 1.82) is 0 Å². The lowest BCUT2D eigenvalue weighted by atomic mass is 10.0. The summed E-state index contributed by atoms with van der Waals surface area (Å²) in [4.78, 5) is 27.1. The zero-order valence-electron chi connectivity index (χ0n) is 15.7. The Balaban J connectivity index is 1.75. The van der Waals surface area contributed by atoms with E-state index < -0.39 is 0 Å². The molecule has 4 rings (SSSR count). The Morgan fingerprint density at radius 3 is 2.57 bits per heavy atom. The van der Waals surface area contributed by atoms with Gasteiger partial charge in [-0.15, -0.1) is 11.3 Å². The van der Waals surface area contributed by atoms with Gasteiger partial charge in [-0.25, -0.2) is 4.98 Å². The molecule has 0 saturated carbocycles. The average molecular weight is 388 g/mol. The van der Waals surface area contributed by atoms with Gasteiger partial charge in [-0.3, -0.25) is 14.8 Å². The van der Waals surface area contributed by atoms with E-state index in [0.29, 0.717) is 5.69 Å². The molecule has 6 heteroatoms. The maximum Gasteiger partial charge on any atom is 0.270 e. The topological polar surface area (TPSA) is 67.8 Å². The summed E-state index contributed by atoms with van der Waals surface area (Å²) in [5.41, 5.74) is 3.03. The van der Waals surface area contributed by atoms with Gasteiger partial charge in [0.15, 0.2) is 0 Å². The number of amides is 1. The number of fused-ring (bicyclic) bond motifs is 1. The van der Waals surface area contributed by atoms with Crippen LogP contribution in [0.4, 0.5) is 0 Å². The van der Waals surface area contributed by atoms with Gasteiger partial charge in [-0.05, 0) is 52.8 Å². The highest BCUT2D eigenvalue weighted by Crippen LogP contribution is 2.29. The Labute approximate surface area is 167 Å². The van der Waals surface area contributed by atoms with Gasteiger partial charge in [0.05, 0.1) is 11.6 Å². The first kappa shape index (κ1) is 18.3. The van der Waals surface area contributed by atoms with Crippen molar-refractivity contribution in [3.8, 4) is 11.1 Å². The van der Waals surface area contributed by atoms with Crippen LogP contribution in [0.3, 0.4) is 0 Å². The summed E-state index contributed by atoms with van der Waals surface area (Å²) in [6, 6.07) is 11.5. The van der Waals surface area contributed by atoms with E-state index >= 15 is 0 Å². The molecular weight excluding hydrogens is 368 g/mol. The molecule has 0 aromatic carbocycles. The Morgan fingerprint density at radius 2 is 1.86 bits per heavy atom. The molecule has 0 fully saturated rings. The van der Waals surface area contributed by atoms with E-state index in [1.165, 1.54) is 0 Å². The molecule has 4 aromatic rings. The van der Waals surface area contributed by atoms with Crippen molar-refractivity contribution < 1.29 is 4.79 Å². The van der Waals surface area contributed by atoms with E-state index in [0.717, 1.165) is 26.9 Å². The Bertz CT molecular complexity index is 1090. The van der Waals surface area contributed by atoms with Crippen molar-refractivity contribution in [2.75, 3.05) is 0 Å². The fraction of sp³-hybridized carbons (Fsp3) is 0.182. The summed E-state index contributed by atoms with van der Waals surface area (Å²) < 4.78 is 0. The molecule has 4 heterocycles. The minimum atomic E-state index is -0.180. The molecule has 1 atom stereocenters. The highest BCUT2D eigenvalue weighted by molar-refractivity contribution is 7.10. The van der Waals surface area contributed by atoms with Crippen molar-refractivity contribution in [2.24, 2.45) is 5.92 Å². The number of carbonyl (C=O) groups is 1. The zero-order valence-corrected chi connectivity index (χ0v) is 16.5. The second kappa shape index (κ2) is 7.86. The van der Waals surface area contributed by atoms with E-state index in [1.54, 1.807) is 36.1 Å². The van der Waals surface area contributed by atoms with Gasteiger partial charge < -0.3 is 5.32 Å². The van der Waals surface area contributed by atoms with Gasteiger partial charge in [0.1, 0.15) is 5.69 Å². The predicted octanol–water partition coefficient (Wildman–Crippen LogP) is 4.88. The number of nitrogens with one attached hydrogen (secondary N) is 1. The van der Waals surface area contributed by atoms with Gasteiger partial charge in [0.25, 0.3) is 5.91 Å². The second-order valence-electron chi connectivity index (χ2n) is 6.89. The van der Waals surface area contributed by atoms with Crippen LogP contribution in [-0.2, 0) is 0 Å². The van der Waals surface area contributed by atoms with Crippen LogP contribution in [-0.4, -0.2) is 20.9 Å². The first-order valence-corrected chi connectivity index (χ1v) is 10.0. The van der Waals surface area contributed by atoms with E-state index in [2.05, 4.69) is 40.2 Å². The van der Waals surface area contributed by atoms with Crippen LogP contribution in [0.5, 0.6) is 0 Å². The van der Waals surface area contributed by atoms with Crippen LogP contribution in [0.1, 0.15) is 35.3 Å². The molecule has 140 valence electrons. The number of nitrogens with zero attached hydrogens (tertiary/aromatic N) is 3. The number of pyridine rings is 3. The molecule has 28 heavy (non-hydrogen) atoms. The fourth-order valence-corrected chi connectivity index (χ4v) is 4.15. The third kappa shape index (κ3) is 3.64. The van der Waals surface area contributed by atoms with E-state index in [1.807, 2.05) is 35.7 Å². The monoisotopic (exact) mass is 388 g/mol. The standard InChI is InChI=1S/C22H20N4OS/c1-14(2)21(20-4-3-11-28-20)26-22(27)19-12-16(15-5-8-23-9-6-15)17-13-24-10-7-18(17)25-19/h3-14,21H,1-2H3,(H,26,27)/t21-/m0/s1. The number of aromatic nitrogens is 3. The lowest BCUT2D eigenvalue weighted by molar-refractivity contribution is 0.0922. The largest absolute Gasteiger partial charge is 0.343 e. The van der Waals surface area contributed by atoms with Crippen LogP contribution >= 0.6 is 11.3 Å². The Hall–Kier alpha value is -3.12. The highest BCUT2D eigenvalue weighted by Gasteiger charge is 2.21. The van der Waals surface area contributed by atoms with Crippen LogP contribution in [0.15, 0.2) is 66.6 Å². The molecule has 0 bridgehead atoms. The number of hydrogen-bond donors (Lipinski definition) is 1. The number of thiophene rings is 1.